The third-order valence-electron chi connectivity index (χ3n) is 6.62. The third-order valence-corrected chi connectivity index (χ3v) is 6.62. The van der Waals surface area contributed by atoms with Gasteiger partial charge in [-0.25, -0.2) is 0 Å². The molecule has 2 saturated carbocycles. The van der Waals surface area contributed by atoms with Gasteiger partial charge in [0.1, 0.15) is 0 Å². The summed E-state index contributed by atoms with van der Waals surface area (Å²) in [4.78, 5) is 18.5. The molecule has 1 heterocycles. The zero-order valence-electron chi connectivity index (χ0n) is 17.3. The van der Waals surface area contributed by atoms with E-state index in [0.717, 1.165) is 64.4 Å². The van der Waals surface area contributed by atoms with Crippen LogP contribution < -0.4 is 10.6 Å². The van der Waals surface area contributed by atoms with Crippen LogP contribution in [0.15, 0.2) is 4.99 Å². The van der Waals surface area contributed by atoms with Crippen molar-refractivity contribution in [1.29, 1.82) is 0 Å². The molecular weight excluding hydrogens is 340 g/mol. The summed E-state index contributed by atoms with van der Waals surface area (Å²) in [5, 5.41) is 7.12. The lowest BCUT2D eigenvalue weighted by atomic mass is 9.55. The Labute approximate surface area is 164 Å². The molecule has 6 nitrogen and oxygen atoms in total. The lowest BCUT2D eigenvalue weighted by Crippen LogP contribution is -2.66. The van der Waals surface area contributed by atoms with E-state index in [4.69, 9.17) is 9.73 Å². The summed E-state index contributed by atoms with van der Waals surface area (Å²) in [5.41, 5.74) is 0.298. The Hall–Kier alpha value is -1.30. The number of amides is 1. The monoisotopic (exact) mass is 378 g/mol. The summed E-state index contributed by atoms with van der Waals surface area (Å²) in [5.74, 6) is 1.23. The van der Waals surface area contributed by atoms with Crippen LogP contribution in [0.25, 0.3) is 0 Å². The number of ether oxygens (including phenoxy) is 1. The van der Waals surface area contributed by atoms with Crippen molar-refractivity contribution in [2.24, 2.45) is 10.4 Å². The van der Waals surface area contributed by atoms with Gasteiger partial charge in [-0.2, -0.15) is 0 Å². The van der Waals surface area contributed by atoms with Gasteiger partial charge >= 0.3 is 0 Å². The highest BCUT2D eigenvalue weighted by Crippen LogP contribution is 2.53. The number of aliphatic imine (C=N–C) groups is 1. The molecule has 0 bridgehead atoms. The molecule has 3 fully saturated rings. The molecule has 1 aliphatic heterocycles. The number of nitrogens with zero attached hydrogens (tertiary/aromatic N) is 2. The highest BCUT2D eigenvalue weighted by molar-refractivity contribution is 5.80. The van der Waals surface area contributed by atoms with E-state index in [0.29, 0.717) is 23.5 Å². The van der Waals surface area contributed by atoms with Crippen LogP contribution >= 0.6 is 0 Å². The largest absolute Gasteiger partial charge is 0.378 e. The first-order valence-electron chi connectivity index (χ1n) is 11.1. The Balaban J connectivity index is 1.52. The highest BCUT2D eigenvalue weighted by atomic mass is 16.5. The minimum atomic E-state index is 0.298. The van der Waals surface area contributed by atoms with Crippen molar-refractivity contribution < 1.29 is 9.53 Å². The van der Waals surface area contributed by atoms with Gasteiger partial charge in [0.05, 0.1) is 6.10 Å². The van der Waals surface area contributed by atoms with Gasteiger partial charge in [0, 0.05) is 50.7 Å². The van der Waals surface area contributed by atoms with Gasteiger partial charge in [0.25, 0.3) is 0 Å². The molecule has 2 N–H and O–H groups in total. The second-order valence-corrected chi connectivity index (χ2v) is 8.27. The summed E-state index contributed by atoms with van der Waals surface area (Å²) < 4.78 is 6.07. The molecular formula is C21H38N4O2. The van der Waals surface area contributed by atoms with E-state index < -0.39 is 0 Å². The van der Waals surface area contributed by atoms with Gasteiger partial charge in [-0.15, -0.1) is 0 Å². The second kappa shape index (κ2) is 9.76. The Kier molecular flexibility index (Phi) is 7.39. The molecule has 0 aromatic carbocycles. The molecule has 6 heteroatoms. The minimum Gasteiger partial charge on any atom is -0.378 e. The van der Waals surface area contributed by atoms with Crippen LogP contribution in [-0.4, -0.2) is 61.7 Å². The van der Waals surface area contributed by atoms with E-state index in [9.17, 15) is 4.79 Å². The molecule has 1 saturated heterocycles. The van der Waals surface area contributed by atoms with Crippen LogP contribution in [0.4, 0.5) is 0 Å². The molecule has 3 rings (SSSR count). The summed E-state index contributed by atoms with van der Waals surface area (Å²) in [6.45, 7) is 8.40. The third kappa shape index (κ3) is 4.76. The fraction of sp³-hybridized carbons (Fsp3) is 0.905. The average molecular weight is 379 g/mol. The quantitative estimate of drug-likeness (QED) is 0.387. The van der Waals surface area contributed by atoms with Crippen molar-refractivity contribution in [3.8, 4) is 0 Å². The van der Waals surface area contributed by atoms with Crippen LogP contribution in [0.3, 0.4) is 0 Å². The summed E-state index contributed by atoms with van der Waals surface area (Å²) in [6, 6.07) is 0.465. The van der Waals surface area contributed by atoms with E-state index in [1.165, 1.54) is 32.1 Å². The number of carbonyl (C=O) groups is 1. The average Bonchev–Trinajstić information content (AvgIpc) is 3.09. The fourth-order valence-electron chi connectivity index (χ4n) is 5.14. The van der Waals surface area contributed by atoms with E-state index in [1.807, 2.05) is 4.90 Å². The highest BCUT2D eigenvalue weighted by Gasteiger charge is 2.55. The van der Waals surface area contributed by atoms with Crippen molar-refractivity contribution in [1.82, 2.24) is 15.5 Å². The normalized spacial score (nSPS) is 27.7. The number of likely N-dealkylation sites (tertiary alicyclic amines) is 1. The molecule has 0 aromatic rings. The molecule has 154 valence electrons. The van der Waals surface area contributed by atoms with Gasteiger partial charge in [-0.3, -0.25) is 9.79 Å². The Morgan fingerprint density at radius 3 is 2.74 bits per heavy atom. The Bertz CT molecular complexity index is 516. The van der Waals surface area contributed by atoms with Crippen LogP contribution in [0.5, 0.6) is 0 Å². The first-order chi connectivity index (χ1) is 13.2. The predicted octanol–water partition coefficient (Wildman–Crippen LogP) is 2.68. The van der Waals surface area contributed by atoms with Gasteiger partial charge in [0.2, 0.25) is 5.91 Å². The van der Waals surface area contributed by atoms with Crippen molar-refractivity contribution in [3.63, 3.8) is 0 Å². The summed E-state index contributed by atoms with van der Waals surface area (Å²) >= 11 is 0. The number of guanidine groups is 1. The van der Waals surface area contributed by atoms with Crippen molar-refractivity contribution in [3.05, 3.63) is 0 Å². The minimum absolute atomic E-state index is 0.298. The predicted molar refractivity (Wildman–Crippen MR) is 109 cm³/mol. The molecule has 27 heavy (non-hydrogen) atoms. The molecule has 3 aliphatic rings. The van der Waals surface area contributed by atoms with Gasteiger partial charge in [-0.05, 0) is 46.0 Å². The molecule has 1 spiro atoms. The number of hydrogen-bond acceptors (Lipinski definition) is 3. The fourth-order valence-corrected chi connectivity index (χ4v) is 5.14. The number of hydrogen-bond donors (Lipinski definition) is 2. The van der Waals surface area contributed by atoms with Crippen molar-refractivity contribution >= 4 is 11.9 Å². The molecule has 2 aliphatic carbocycles. The van der Waals surface area contributed by atoms with Gasteiger partial charge in [-0.1, -0.05) is 19.3 Å². The van der Waals surface area contributed by atoms with Crippen LogP contribution in [0, 0.1) is 5.41 Å². The summed E-state index contributed by atoms with van der Waals surface area (Å²) in [7, 11) is 0. The van der Waals surface area contributed by atoms with E-state index in [2.05, 4.69) is 24.5 Å². The van der Waals surface area contributed by atoms with E-state index >= 15 is 0 Å². The first kappa shape index (κ1) is 20.4. The smallest absolute Gasteiger partial charge is 0.222 e. The standard InChI is InChI=1S/C21H38N4O2/c1-3-22-20(23-13-9-15-25-14-8-10-19(25)26)24-17-16-18(27-4-2)21(17)11-6-5-7-12-21/h17-18H,3-16H2,1-2H3,(H2,22,23,24). The zero-order chi connectivity index (χ0) is 19.1. The maximum Gasteiger partial charge on any atom is 0.222 e. The lowest BCUT2D eigenvalue weighted by Gasteiger charge is -2.58. The molecule has 0 aromatic heterocycles. The number of nitrogens with one attached hydrogen (secondary N) is 2. The maximum absolute atomic E-state index is 11.7. The topological polar surface area (TPSA) is 66.0 Å². The number of rotatable bonds is 8. The first-order valence-corrected chi connectivity index (χ1v) is 11.1. The van der Waals surface area contributed by atoms with E-state index in [-0.39, 0.29) is 0 Å². The molecule has 0 radical (unpaired) electrons. The van der Waals surface area contributed by atoms with Gasteiger partial charge in [0.15, 0.2) is 5.96 Å². The Morgan fingerprint density at radius 2 is 2.07 bits per heavy atom. The van der Waals surface area contributed by atoms with Crippen molar-refractivity contribution in [2.45, 2.75) is 83.8 Å². The summed E-state index contributed by atoms with van der Waals surface area (Å²) in [6.07, 6.45) is 10.7. The van der Waals surface area contributed by atoms with Crippen LogP contribution in [-0.2, 0) is 9.53 Å². The molecule has 2 atom stereocenters. The molecule has 2 unspecified atom stereocenters. The maximum atomic E-state index is 11.7. The van der Waals surface area contributed by atoms with E-state index in [1.54, 1.807) is 0 Å². The number of carbonyl (C=O) groups excluding carboxylic acids is 1. The second-order valence-electron chi connectivity index (χ2n) is 8.27. The van der Waals surface area contributed by atoms with Crippen LogP contribution in [0.1, 0.15) is 71.6 Å². The van der Waals surface area contributed by atoms with Crippen molar-refractivity contribution in [2.75, 3.05) is 32.8 Å². The van der Waals surface area contributed by atoms with Crippen LogP contribution in [0.2, 0.25) is 0 Å². The Morgan fingerprint density at radius 1 is 1.26 bits per heavy atom. The SMILES string of the molecule is CCNC(=NCCCN1CCCC1=O)NC1CC(OCC)C12CCCCC2. The molecule has 1 amide bonds. The van der Waals surface area contributed by atoms with Gasteiger partial charge < -0.3 is 20.3 Å². The zero-order valence-corrected chi connectivity index (χ0v) is 17.3. The lowest BCUT2D eigenvalue weighted by molar-refractivity contribution is -0.145.